The molecule has 4 heterocycles. The van der Waals surface area contributed by atoms with Gasteiger partial charge in [0, 0.05) is 43.9 Å². The Morgan fingerprint density at radius 3 is 2.53 bits per heavy atom. The molecule has 3 atom stereocenters. The second-order valence-corrected chi connectivity index (χ2v) is 9.47. The molecule has 2 N–H and O–H groups in total. The molecule has 6 rings (SSSR count). The number of aliphatic hydroxyl groups is 2. The molecule has 0 aromatic heterocycles. The van der Waals surface area contributed by atoms with Crippen LogP contribution in [0.15, 0.2) is 48.5 Å². The van der Waals surface area contributed by atoms with Gasteiger partial charge in [0.05, 0.1) is 6.10 Å². The monoisotopic (exact) mass is 432 g/mol. The molecule has 32 heavy (non-hydrogen) atoms. The Morgan fingerprint density at radius 2 is 1.88 bits per heavy atom. The van der Waals surface area contributed by atoms with Gasteiger partial charge in [-0.2, -0.15) is 0 Å². The molecule has 5 heteroatoms. The Balaban J connectivity index is 1.46. The van der Waals surface area contributed by atoms with E-state index in [1.54, 1.807) is 7.11 Å². The largest absolute Gasteiger partial charge is 0.388 e. The average molecular weight is 433 g/mol. The summed E-state index contributed by atoms with van der Waals surface area (Å²) in [6.45, 7) is 4.04. The molecule has 2 unspecified atom stereocenters. The zero-order chi connectivity index (χ0) is 22.1. The summed E-state index contributed by atoms with van der Waals surface area (Å²) in [5, 5.41) is 21.5. The van der Waals surface area contributed by atoms with E-state index in [9.17, 15) is 10.2 Å². The standard InChI is InChI=1S/C27H32N2O3/c1-32-26-18-29(17-25(26)30)24-8-7-21(22(16-24)15-20-5-3-2-4-6-20)9-12-27(31)19-28-13-10-23(27)11-14-28/h2-8,16,23,25-26,30-31H,10-11,13-15,17-19H2,1H3/t25?,26?,27-/m1/s1. The van der Waals surface area contributed by atoms with Crippen LogP contribution < -0.4 is 4.90 Å². The molecular formula is C27H32N2O3. The molecule has 4 aliphatic rings. The van der Waals surface area contributed by atoms with E-state index in [2.05, 4.69) is 64.1 Å². The third-order valence-electron chi connectivity index (χ3n) is 7.37. The van der Waals surface area contributed by atoms with Crippen molar-refractivity contribution >= 4 is 5.69 Å². The maximum atomic E-state index is 11.3. The van der Waals surface area contributed by atoms with E-state index in [1.165, 1.54) is 5.56 Å². The molecule has 0 aliphatic carbocycles. The first kappa shape index (κ1) is 21.5. The van der Waals surface area contributed by atoms with Crippen molar-refractivity contribution in [3.8, 4) is 11.8 Å². The normalized spacial score (nSPS) is 31.4. The molecular weight excluding hydrogens is 400 g/mol. The number of nitrogens with zero attached hydrogens (tertiary/aromatic N) is 2. The van der Waals surface area contributed by atoms with Crippen LogP contribution >= 0.6 is 0 Å². The van der Waals surface area contributed by atoms with E-state index in [1.807, 2.05) is 6.07 Å². The fourth-order valence-electron chi connectivity index (χ4n) is 5.42. The SMILES string of the molecule is COC1CN(c2ccc(C#C[C@@]3(O)CN4CCC3CC4)c(Cc3ccccc3)c2)CC1O. The van der Waals surface area contributed by atoms with Crippen molar-refractivity contribution in [1.82, 2.24) is 4.90 Å². The van der Waals surface area contributed by atoms with E-state index in [4.69, 9.17) is 4.74 Å². The minimum Gasteiger partial charge on any atom is -0.388 e. The molecule has 2 bridgehead atoms. The van der Waals surface area contributed by atoms with Gasteiger partial charge in [0.2, 0.25) is 0 Å². The third-order valence-corrected chi connectivity index (χ3v) is 7.37. The number of ether oxygens (including phenoxy) is 1. The topological polar surface area (TPSA) is 56.2 Å². The number of fused-ring (bicyclic) bond motifs is 3. The van der Waals surface area contributed by atoms with Crippen molar-refractivity contribution in [2.45, 2.75) is 37.1 Å². The maximum absolute atomic E-state index is 11.3. The highest BCUT2D eigenvalue weighted by molar-refractivity contribution is 5.57. The van der Waals surface area contributed by atoms with E-state index in [-0.39, 0.29) is 12.0 Å². The lowest BCUT2D eigenvalue weighted by atomic mass is 9.75. The summed E-state index contributed by atoms with van der Waals surface area (Å²) in [7, 11) is 1.65. The minimum atomic E-state index is -0.913. The summed E-state index contributed by atoms with van der Waals surface area (Å²) < 4.78 is 5.42. The van der Waals surface area contributed by atoms with Crippen molar-refractivity contribution in [2.24, 2.45) is 5.92 Å². The number of hydrogen-bond acceptors (Lipinski definition) is 5. The first-order chi connectivity index (χ1) is 15.5. The molecule has 4 fully saturated rings. The lowest BCUT2D eigenvalue weighted by molar-refractivity contribution is -0.0713. The smallest absolute Gasteiger partial charge is 0.141 e. The van der Waals surface area contributed by atoms with Crippen LogP contribution in [0, 0.1) is 17.8 Å². The number of β-amino-alcohol motifs (C(OH)–C–C–N with tert-alkyl or cyclic N) is 1. The van der Waals surface area contributed by atoms with E-state index >= 15 is 0 Å². The fourth-order valence-corrected chi connectivity index (χ4v) is 5.42. The van der Waals surface area contributed by atoms with Crippen LogP contribution in [-0.4, -0.2) is 72.8 Å². The highest BCUT2D eigenvalue weighted by atomic mass is 16.5. The zero-order valence-electron chi connectivity index (χ0n) is 18.7. The second-order valence-electron chi connectivity index (χ2n) is 9.47. The van der Waals surface area contributed by atoms with Crippen LogP contribution in [-0.2, 0) is 11.2 Å². The van der Waals surface area contributed by atoms with Gasteiger partial charge in [0.25, 0.3) is 0 Å². The van der Waals surface area contributed by atoms with Gasteiger partial charge in [-0.05, 0) is 61.7 Å². The van der Waals surface area contributed by atoms with Gasteiger partial charge in [-0.25, -0.2) is 0 Å². The van der Waals surface area contributed by atoms with Crippen molar-refractivity contribution in [1.29, 1.82) is 0 Å². The number of piperidine rings is 3. The number of rotatable bonds is 4. The predicted molar refractivity (Wildman–Crippen MR) is 126 cm³/mol. The molecule has 0 spiro atoms. The summed E-state index contributed by atoms with van der Waals surface area (Å²) >= 11 is 0. The number of aliphatic hydroxyl groups excluding tert-OH is 1. The Kier molecular flexibility index (Phi) is 5.96. The molecule has 0 amide bonds. The molecule has 0 radical (unpaired) electrons. The van der Waals surface area contributed by atoms with Gasteiger partial charge in [0.1, 0.15) is 11.7 Å². The molecule has 168 valence electrons. The Hall–Kier alpha value is -2.36. The third kappa shape index (κ3) is 4.29. The molecule has 0 saturated carbocycles. The number of hydrogen-bond donors (Lipinski definition) is 2. The van der Waals surface area contributed by atoms with Crippen LogP contribution in [0.25, 0.3) is 0 Å². The minimum absolute atomic E-state index is 0.169. The Labute approximate surface area is 190 Å². The van der Waals surface area contributed by atoms with Gasteiger partial charge in [-0.3, -0.25) is 4.90 Å². The lowest BCUT2D eigenvalue weighted by Crippen LogP contribution is -2.58. The Morgan fingerprint density at radius 1 is 1.09 bits per heavy atom. The molecule has 2 aromatic carbocycles. The lowest BCUT2D eigenvalue weighted by Gasteiger charge is -2.47. The fraction of sp³-hybridized carbons (Fsp3) is 0.481. The predicted octanol–water partition coefficient (Wildman–Crippen LogP) is 2.28. The highest BCUT2D eigenvalue weighted by Gasteiger charge is 2.44. The van der Waals surface area contributed by atoms with Gasteiger partial charge >= 0.3 is 0 Å². The first-order valence-corrected chi connectivity index (χ1v) is 11.6. The van der Waals surface area contributed by atoms with Crippen molar-refractivity contribution in [3.63, 3.8) is 0 Å². The maximum Gasteiger partial charge on any atom is 0.141 e. The molecule has 5 nitrogen and oxygen atoms in total. The van der Waals surface area contributed by atoms with Gasteiger partial charge in [0.15, 0.2) is 0 Å². The van der Waals surface area contributed by atoms with Crippen LogP contribution in [0.1, 0.15) is 29.5 Å². The van der Waals surface area contributed by atoms with Gasteiger partial charge in [-0.15, -0.1) is 0 Å². The van der Waals surface area contributed by atoms with E-state index < -0.39 is 11.7 Å². The number of methoxy groups -OCH3 is 1. The highest BCUT2D eigenvalue weighted by Crippen LogP contribution is 2.35. The van der Waals surface area contributed by atoms with Gasteiger partial charge < -0.3 is 19.8 Å². The van der Waals surface area contributed by atoms with Crippen molar-refractivity contribution < 1.29 is 14.9 Å². The summed E-state index contributed by atoms with van der Waals surface area (Å²) in [5.41, 5.74) is 3.49. The quantitative estimate of drug-likeness (QED) is 0.726. The second kappa shape index (κ2) is 8.88. The number of anilines is 1. The molecule has 2 aromatic rings. The summed E-state index contributed by atoms with van der Waals surface area (Å²) in [6, 6.07) is 16.7. The first-order valence-electron chi connectivity index (χ1n) is 11.6. The average Bonchev–Trinajstić information content (AvgIpc) is 3.20. The van der Waals surface area contributed by atoms with Crippen molar-refractivity contribution in [3.05, 3.63) is 65.2 Å². The summed E-state index contributed by atoms with van der Waals surface area (Å²) in [6.07, 6.45) is 2.18. The Bertz CT molecular complexity index is 1010. The van der Waals surface area contributed by atoms with Crippen LogP contribution in [0.3, 0.4) is 0 Å². The van der Waals surface area contributed by atoms with Crippen molar-refractivity contribution in [2.75, 3.05) is 44.7 Å². The zero-order valence-corrected chi connectivity index (χ0v) is 18.7. The van der Waals surface area contributed by atoms with Crippen LogP contribution in [0.2, 0.25) is 0 Å². The van der Waals surface area contributed by atoms with Crippen LogP contribution in [0.4, 0.5) is 5.69 Å². The van der Waals surface area contributed by atoms with E-state index in [0.29, 0.717) is 19.6 Å². The summed E-state index contributed by atoms with van der Waals surface area (Å²) in [4.78, 5) is 4.50. The van der Waals surface area contributed by atoms with E-state index in [0.717, 1.165) is 49.2 Å². The van der Waals surface area contributed by atoms with Gasteiger partial charge in [-0.1, -0.05) is 42.2 Å². The summed E-state index contributed by atoms with van der Waals surface area (Å²) in [5.74, 6) is 6.90. The molecule has 4 aliphatic heterocycles. The number of benzene rings is 2. The molecule has 4 saturated heterocycles. The van der Waals surface area contributed by atoms with Crippen LogP contribution in [0.5, 0.6) is 0 Å².